The molecule has 0 amide bonds. The molecule has 11 heavy (non-hydrogen) atoms. The first-order valence-corrected chi connectivity index (χ1v) is 3.78. The topological polar surface area (TPSA) is 37.3 Å². The normalized spacial score (nSPS) is 12.4. The van der Waals surface area contributed by atoms with Crippen LogP contribution in [0, 0.1) is 0 Å². The third-order valence-electron chi connectivity index (χ3n) is 1.25. The van der Waals surface area contributed by atoms with Gasteiger partial charge in [-0.15, -0.1) is 0 Å². The minimum atomic E-state index is -0.850. The Morgan fingerprint density at radius 2 is 2.18 bits per heavy atom. The van der Waals surface area contributed by atoms with Gasteiger partial charge in [0.15, 0.2) is 0 Å². The fourth-order valence-corrected chi connectivity index (χ4v) is 0.706. The average molecular weight is 154 g/mol. The molecule has 0 fully saturated rings. The molecule has 0 saturated heterocycles. The van der Waals surface area contributed by atoms with Crippen LogP contribution in [0.3, 0.4) is 0 Å². The lowest BCUT2D eigenvalue weighted by Crippen LogP contribution is -1.96. The summed E-state index contributed by atoms with van der Waals surface area (Å²) in [5.41, 5.74) is 0.384. The molecule has 0 aromatic heterocycles. The van der Waals surface area contributed by atoms with Crippen LogP contribution < -0.4 is 0 Å². The van der Waals surface area contributed by atoms with Gasteiger partial charge in [-0.25, -0.2) is 4.79 Å². The number of carbonyl (C=O) groups is 1. The molecule has 1 N–H and O–H groups in total. The minimum absolute atomic E-state index is 0.384. The van der Waals surface area contributed by atoms with E-state index in [0.29, 0.717) is 5.57 Å². The molecule has 0 atom stereocenters. The lowest BCUT2D eigenvalue weighted by molar-refractivity contribution is -0.132. The van der Waals surface area contributed by atoms with E-state index in [0.717, 1.165) is 12.8 Å². The first-order valence-electron chi connectivity index (χ1n) is 3.78. The number of carboxylic acid groups (broad SMARTS) is 1. The van der Waals surface area contributed by atoms with E-state index in [1.165, 1.54) is 0 Å². The van der Waals surface area contributed by atoms with Crippen LogP contribution in [0.1, 0.15) is 26.7 Å². The number of aliphatic carboxylic acids is 1. The smallest absolute Gasteiger partial charge is 0.335 e. The number of allylic oxidation sites excluding steroid dienone is 2. The molecule has 0 bridgehead atoms. The Hall–Kier alpha value is -1.05. The van der Waals surface area contributed by atoms with Crippen molar-refractivity contribution in [3.8, 4) is 0 Å². The molecule has 62 valence electrons. The van der Waals surface area contributed by atoms with E-state index in [2.05, 4.69) is 0 Å². The number of rotatable bonds is 4. The van der Waals surface area contributed by atoms with E-state index in [-0.39, 0.29) is 0 Å². The third-order valence-corrected chi connectivity index (χ3v) is 1.25. The standard InChI is InChI=1S/C9H14O2/c1-3-5-7-8(6-4-2)9(10)11/h4,6-7H,3,5H2,1-2H3,(H,10,11). The van der Waals surface area contributed by atoms with Crippen LogP contribution in [0.5, 0.6) is 0 Å². The van der Waals surface area contributed by atoms with Crippen molar-refractivity contribution in [1.29, 1.82) is 0 Å². The molecular formula is C9H14O2. The van der Waals surface area contributed by atoms with Crippen LogP contribution in [-0.4, -0.2) is 11.1 Å². The maximum absolute atomic E-state index is 10.5. The Morgan fingerprint density at radius 1 is 1.55 bits per heavy atom. The molecular weight excluding hydrogens is 140 g/mol. The molecule has 0 aromatic rings. The van der Waals surface area contributed by atoms with Crippen molar-refractivity contribution in [3.05, 3.63) is 23.8 Å². The van der Waals surface area contributed by atoms with Crippen molar-refractivity contribution >= 4 is 5.97 Å². The van der Waals surface area contributed by atoms with Crippen LogP contribution >= 0.6 is 0 Å². The second-order valence-corrected chi connectivity index (χ2v) is 2.25. The van der Waals surface area contributed by atoms with Gasteiger partial charge in [0.1, 0.15) is 0 Å². The summed E-state index contributed by atoms with van der Waals surface area (Å²) in [6, 6.07) is 0. The lowest BCUT2D eigenvalue weighted by atomic mass is 10.2. The van der Waals surface area contributed by atoms with Crippen molar-refractivity contribution < 1.29 is 9.90 Å². The van der Waals surface area contributed by atoms with Gasteiger partial charge in [0.05, 0.1) is 5.57 Å². The summed E-state index contributed by atoms with van der Waals surface area (Å²) in [6.45, 7) is 3.83. The molecule has 0 heterocycles. The molecule has 2 heteroatoms. The number of carboxylic acids is 1. The summed E-state index contributed by atoms with van der Waals surface area (Å²) in [5, 5.41) is 8.61. The van der Waals surface area contributed by atoms with Gasteiger partial charge in [-0.05, 0) is 13.3 Å². The molecule has 0 aliphatic carbocycles. The van der Waals surface area contributed by atoms with Gasteiger partial charge in [0.25, 0.3) is 0 Å². The summed E-state index contributed by atoms with van der Waals surface area (Å²) in [4.78, 5) is 10.5. The zero-order valence-electron chi connectivity index (χ0n) is 7.00. The predicted octanol–water partition coefficient (Wildman–Crippen LogP) is 2.37. The highest BCUT2D eigenvalue weighted by atomic mass is 16.4. The largest absolute Gasteiger partial charge is 0.478 e. The molecule has 0 aromatic carbocycles. The summed E-state index contributed by atoms with van der Waals surface area (Å²) < 4.78 is 0. The number of hydrogen-bond donors (Lipinski definition) is 1. The van der Waals surface area contributed by atoms with E-state index < -0.39 is 5.97 Å². The average Bonchev–Trinajstić information content (AvgIpc) is 1.97. The molecule has 0 aliphatic rings. The van der Waals surface area contributed by atoms with E-state index >= 15 is 0 Å². The van der Waals surface area contributed by atoms with Crippen molar-refractivity contribution in [2.24, 2.45) is 0 Å². The first-order chi connectivity index (χ1) is 5.22. The van der Waals surface area contributed by atoms with Gasteiger partial charge in [-0.3, -0.25) is 0 Å². The Balaban J connectivity index is 4.20. The van der Waals surface area contributed by atoms with E-state index in [1.807, 2.05) is 13.8 Å². The molecule has 2 nitrogen and oxygen atoms in total. The zero-order chi connectivity index (χ0) is 8.69. The molecule has 0 unspecified atom stereocenters. The van der Waals surface area contributed by atoms with Gasteiger partial charge < -0.3 is 5.11 Å². The Morgan fingerprint density at radius 3 is 2.55 bits per heavy atom. The SMILES string of the molecule is CC=CC(=CCCC)C(=O)O. The Bertz CT molecular complexity index is 178. The molecule has 0 rings (SSSR count). The molecule has 0 radical (unpaired) electrons. The van der Waals surface area contributed by atoms with Crippen LogP contribution in [0.2, 0.25) is 0 Å². The van der Waals surface area contributed by atoms with E-state index in [4.69, 9.17) is 5.11 Å². The number of hydrogen-bond acceptors (Lipinski definition) is 1. The highest BCUT2D eigenvalue weighted by Gasteiger charge is 1.99. The zero-order valence-corrected chi connectivity index (χ0v) is 7.00. The number of unbranched alkanes of at least 4 members (excludes halogenated alkanes) is 1. The first kappa shape index (κ1) is 9.95. The molecule has 0 aliphatic heterocycles. The van der Waals surface area contributed by atoms with Crippen molar-refractivity contribution in [2.75, 3.05) is 0 Å². The van der Waals surface area contributed by atoms with Crippen molar-refractivity contribution in [1.82, 2.24) is 0 Å². The van der Waals surface area contributed by atoms with Crippen molar-refractivity contribution in [2.45, 2.75) is 26.7 Å². The van der Waals surface area contributed by atoms with Crippen LogP contribution in [0.4, 0.5) is 0 Å². The van der Waals surface area contributed by atoms with E-state index in [1.54, 1.807) is 18.2 Å². The predicted molar refractivity (Wildman–Crippen MR) is 45.4 cm³/mol. The molecule has 0 saturated carbocycles. The molecule has 0 spiro atoms. The fraction of sp³-hybridized carbons (Fsp3) is 0.444. The van der Waals surface area contributed by atoms with Gasteiger partial charge in [0.2, 0.25) is 0 Å². The van der Waals surface area contributed by atoms with E-state index in [9.17, 15) is 4.79 Å². The summed E-state index contributed by atoms with van der Waals surface area (Å²) in [7, 11) is 0. The quantitative estimate of drug-likeness (QED) is 0.498. The highest BCUT2D eigenvalue weighted by molar-refractivity contribution is 5.89. The Labute approximate surface area is 67.2 Å². The minimum Gasteiger partial charge on any atom is -0.478 e. The second-order valence-electron chi connectivity index (χ2n) is 2.25. The van der Waals surface area contributed by atoms with Crippen LogP contribution in [0.15, 0.2) is 23.8 Å². The highest BCUT2D eigenvalue weighted by Crippen LogP contribution is 2.00. The Kier molecular flexibility index (Phi) is 5.17. The fourth-order valence-electron chi connectivity index (χ4n) is 0.706. The van der Waals surface area contributed by atoms with Gasteiger partial charge in [0, 0.05) is 0 Å². The second kappa shape index (κ2) is 5.71. The maximum atomic E-state index is 10.5. The summed E-state index contributed by atoms with van der Waals surface area (Å²) in [5.74, 6) is -0.850. The van der Waals surface area contributed by atoms with Gasteiger partial charge in [-0.2, -0.15) is 0 Å². The summed E-state index contributed by atoms with van der Waals surface area (Å²) >= 11 is 0. The van der Waals surface area contributed by atoms with Crippen molar-refractivity contribution in [3.63, 3.8) is 0 Å². The maximum Gasteiger partial charge on any atom is 0.335 e. The van der Waals surface area contributed by atoms with Gasteiger partial charge in [-0.1, -0.05) is 31.6 Å². The van der Waals surface area contributed by atoms with Crippen LogP contribution in [0.25, 0.3) is 0 Å². The summed E-state index contributed by atoms with van der Waals surface area (Å²) in [6.07, 6.45) is 6.89. The third kappa shape index (κ3) is 4.37. The monoisotopic (exact) mass is 154 g/mol. The lowest BCUT2D eigenvalue weighted by Gasteiger charge is -1.92. The van der Waals surface area contributed by atoms with Crippen LogP contribution in [-0.2, 0) is 4.79 Å². The van der Waals surface area contributed by atoms with Gasteiger partial charge >= 0.3 is 5.97 Å².